The van der Waals surface area contributed by atoms with Gasteiger partial charge in [-0.25, -0.2) is 0 Å². The van der Waals surface area contributed by atoms with E-state index in [4.69, 9.17) is 4.74 Å². The minimum absolute atomic E-state index is 0. The lowest BCUT2D eigenvalue weighted by Gasteiger charge is -2.35. The van der Waals surface area contributed by atoms with E-state index in [0.29, 0.717) is 12.4 Å². The van der Waals surface area contributed by atoms with Crippen LogP contribution in [0.25, 0.3) is 0 Å². The van der Waals surface area contributed by atoms with Crippen molar-refractivity contribution in [2.75, 3.05) is 32.8 Å². The number of para-hydroxylation sites is 1. The maximum absolute atomic E-state index is 10.4. The lowest BCUT2D eigenvalue weighted by molar-refractivity contribution is 0.171. The van der Waals surface area contributed by atoms with E-state index in [2.05, 4.69) is 16.8 Å². The van der Waals surface area contributed by atoms with E-state index in [1.807, 2.05) is 31.2 Å². The molecule has 0 unspecified atom stereocenters. The summed E-state index contributed by atoms with van der Waals surface area (Å²) < 4.78 is 5.49. The summed E-state index contributed by atoms with van der Waals surface area (Å²) in [5.41, 5.74) is 0.928. The highest BCUT2D eigenvalue weighted by Gasteiger charge is 2.24. The molecule has 1 aromatic carbocycles. The van der Waals surface area contributed by atoms with Crippen LogP contribution in [0.3, 0.4) is 0 Å². The second-order valence-electron chi connectivity index (χ2n) is 4.95. The summed E-state index contributed by atoms with van der Waals surface area (Å²) in [6.45, 7) is 10.3. The second-order valence-corrected chi connectivity index (χ2v) is 4.95. The van der Waals surface area contributed by atoms with Crippen LogP contribution in [0, 0.1) is 0 Å². The Morgan fingerprint density at radius 2 is 2.05 bits per heavy atom. The average Bonchev–Trinajstić information content (AvgIpc) is 2.49. The number of aromatic hydroxyl groups is 1. The third-order valence-electron chi connectivity index (χ3n) is 3.67. The molecule has 126 valence electrons. The number of benzene rings is 1. The van der Waals surface area contributed by atoms with E-state index in [1.54, 1.807) is 0 Å². The highest BCUT2D eigenvalue weighted by atomic mass is 35.5. The Morgan fingerprint density at radius 1 is 1.36 bits per heavy atom. The number of nitrogens with zero attached hydrogens (tertiary/aromatic N) is 1. The van der Waals surface area contributed by atoms with Crippen molar-refractivity contribution in [2.45, 2.75) is 19.4 Å². The number of rotatable bonds is 6. The molecule has 1 aliphatic rings. The standard InChI is InChI=1S/C16H24N2O2.2ClH/c1-3-6-14(18-11-9-17-10-12-18)13-7-5-8-15(16(13)19)20-4-2;;/h3,5,7-8,14,17,19H,1,4,6,9-12H2,2H3;2*1H/t14-;;/m1../s1. The molecule has 1 aromatic rings. The first kappa shape index (κ1) is 21.1. The van der Waals surface area contributed by atoms with Gasteiger partial charge in [-0.1, -0.05) is 18.2 Å². The van der Waals surface area contributed by atoms with E-state index in [-0.39, 0.29) is 36.6 Å². The van der Waals surface area contributed by atoms with Crippen LogP contribution in [0.1, 0.15) is 24.9 Å². The number of hydrogen-bond donors (Lipinski definition) is 2. The fourth-order valence-corrected chi connectivity index (χ4v) is 2.70. The Bertz CT molecular complexity index is 452. The van der Waals surface area contributed by atoms with Crippen LogP contribution in [0.15, 0.2) is 30.9 Å². The van der Waals surface area contributed by atoms with Crippen LogP contribution >= 0.6 is 24.8 Å². The highest BCUT2D eigenvalue weighted by Crippen LogP contribution is 2.37. The zero-order valence-electron chi connectivity index (χ0n) is 13.0. The molecule has 0 amide bonds. The summed E-state index contributed by atoms with van der Waals surface area (Å²) in [4.78, 5) is 2.39. The van der Waals surface area contributed by atoms with Gasteiger partial charge >= 0.3 is 0 Å². The Balaban J connectivity index is 0.00000220. The second kappa shape index (κ2) is 10.7. The number of halogens is 2. The molecule has 0 spiro atoms. The molecule has 6 heteroatoms. The molecule has 22 heavy (non-hydrogen) atoms. The molecule has 0 saturated carbocycles. The molecule has 0 aliphatic carbocycles. The van der Waals surface area contributed by atoms with Gasteiger partial charge < -0.3 is 15.2 Å². The predicted octanol–water partition coefficient (Wildman–Crippen LogP) is 3.16. The maximum Gasteiger partial charge on any atom is 0.162 e. The van der Waals surface area contributed by atoms with Gasteiger partial charge in [0.05, 0.1) is 6.61 Å². The van der Waals surface area contributed by atoms with E-state index >= 15 is 0 Å². The Hall–Kier alpha value is -0.940. The molecule has 0 radical (unpaired) electrons. The lowest BCUT2D eigenvalue weighted by atomic mass is 9.99. The van der Waals surface area contributed by atoms with Crippen molar-refractivity contribution in [3.05, 3.63) is 36.4 Å². The van der Waals surface area contributed by atoms with Crippen LogP contribution in [0.5, 0.6) is 11.5 Å². The van der Waals surface area contributed by atoms with Crippen molar-refractivity contribution in [3.63, 3.8) is 0 Å². The third kappa shape index (κ3) is 5.06. The van der Waals surface area contributed by atoms with E-state index in [1.165, 1.54) is 0 Å². The molecule has 2 rings (SSSR count). The van der Waals surface area contributed by atoms with Crippen LogP contribution < -0.4 is 10.1 Å². The van der Waals surface area contributed by atoms with Gasteiger partial charge in [-0.2, -0.15) is 0 Å². The first-order chi connectivity index (χ1) is 9.77. The van der Waals surface area contributed by atoms with Crippen molar-refractivity contribution >= 4 is 24.8 Å². The van der Waals surface area contributed by atoms with E-state index in [0.717, 1.165) is 38.2 Å². The van der Waals surface area contributed by atoms with Crippen LogP contribution in [0.4, 0.5) is 0 Å². The van der Waals surface area contributed by atoms with Gasteiger partial charge in [0, 0.05) is 37.8 Å². The topological polar surface area (TPSA) is 44.7 Å². The minimum Gasteiger partial charge on any atom is -0.504 e. The summed E-state index contributed by atoms with van der Waals surface area (Å²) in [6.07, 6.45) is 2.74. The van der Waals surface area contributed by atoms with Crippen molar-refractivity contribution < 1.29 is 9.84 Å². The van der Waals surface area contributed by atoms with Gasteiger partial charge in [-0.05, 0) is 19.4 Å². The fraction of sp³-hybridized carbons (Fsp3) is 0.500. The maximum atomic E-state index is 10.4. The predicted molar refractivity (Wildman–Crippen MR) is 95.8 cm³/mol. The monoisotopic (exact) mass is 348 g/mol. The first-order valence-electron chi connectivity index (χ1n) is 7.28. The highest BCUT2D eigenvalue weighted by molar-refractivity contribution is 5.85. The molecule has 1 heterocycles. The lowest BCUT2D eigenvalue weighted by Crippen LogP contribution is -2.45. The largest absolute Gasteiger partial charge is 0.504 e. The molecule has 1 atom stereocenters. The molecular formula is C16H26Cl2N2O2. The number of phenols is 1. The van der Waals surface area contributed by atoms with Crippen molar-refractivity contribution in [3.8, 4) is 11.5 Å². The van der Waals surface area contributed by atoms with Gasteiger partial charge in [-0.15, -0.1) is 31.4 Å². The van der Waals surface area contributed by atoms with Gasteiger partial charge in [0.15, 0.2) is 11.5 Å². The van der Waals surface area contributed by atoms with Gasteiger partial charge in [0.25, 0.3) is 0 Å². The minimum atomic E-state index is 0. The zero-order valence-corrected chi connectivity index (χ0v) is 14.6. The zero-order chi connectivity index (χ0) is 14.4. The Morgan fingerprint density at radius 3 is 2.64 bits per heavy atom. The molecule has 0 aromatic heterocycles. The molecule has 1 aliphatic heterocycles. The summed E-state index contributed by atoms with van der Waals surface area (Å²) in [5.74, 6) is 0.828. The number of piperazine rings is 1. The van der Waals surface area contributed by atoms with Gasteiger partial charge in [-0.3, -0.25) is 4.90 Å². The van der Waals surface area contributed by atoms with E-state index in [9.17, 15) is 5.11 Å². The molecule has 4 nitrogen and oxygen atoms in total. The molecule has 1 fully saturated rings. The van der Waals surface area contributed by atoms with E-state index < -0.39 is 0 Å². The smallest absolute Gasteiger partial charge is 0.162 e. The summed E-state index contributed by atoms with van der Waals surface area (Å²) >= 11 is 0. The van der Waals surface area contributed by atoms with Crippen molar-refractivity contribution in [2.24, 2.45) is 0 Å². The molecule has 1 saturated heterocycles. The van der Waals surface area contributed by atoms with Crippen molar-refractivity contribution in [1.82, 2.24) is 10.2 Å². The number of ether oxygens (including phenoxy) is 1. The van der Waals surface area contributed by atoms with Crippen LogP contribution in [-0.4, -0.2) is 42.8 Å². The summed E-state index contributed by atoms with van der Waals surface area (Å²) in [6, 6.07) is 5.90. The average molecular weight is 349 g/mol. The van der Waals surface area contributed by atoms with Crippen LogP contribution in [-0.2, 0) is 0 Å². The third-order valence-corrected chi connectivity index (χ3v) is 3.67. The SMILES string of the molecule is C=CC[C@H](c1cccc(OCC)c1O)N1CCNCC1.Cl.Cl. The van der Waals surface area contributed by atoms with Crippen molar-refractivity contribution in [1.29, 1.82) is 0 Å². The van der Waals surface area contributed by atoms with Crippen LogP contribution in [0.2, 0.25) is 0 Å². The fourth-order valence-electron chi connectivity index (χ4n) is 2.70. The normalized spacial score (nSPS) is 16.0. The Labute approximate surface area is 145 Å². The van der Waals surface area contributed by atoms with Gasteiger partial charge in [0.2, 0.25) is 0 Å². The van der Waals surface area contributed by atoms with Gasteiger partial charge in [0.1, 0.15) is 0 Å². The molecule has 0 bridgehead atoms. The molecule has 2 N–H and O–H groups in total. The summed E-state index contributed by atoms with van der Waals surface area (Å²) in [5, 5.41) is 13.8. The Kier molecular flexibility index (Phi) is 10.3. The molecular weight excluding hydrogens is 323 g/mol. The number of hydrogen-bond acceptors (Lipinski definition) is 4. The number of phenolic OH excluding ortho intramolecular Hbond substituents is 1. The quantitative estimate of drug-likeness (QED) is 0.775. The summed E-state index contributed by atoms with van der Waals surface area (Å²) in [7, 11) is 0. The first-order valence-corrected chi connectivity index (χ1v) is 7.28. The number of nitrogens with one attached hydrogen (secondary N) is 1.